The Morgan fingerprint density at radius 3 is 2.61 bits per heavy atom. The van der Waals surface area contributed by atoms with Crippen molar-refractivity contribution in [1.82, 2.24) is 19.7 Å². The monoisotopic (exact) mass is 249 g/mol. The van der Waals surface area contributed by atoms with Gasteiger partial charge in [-0.15, -0.1) is 0 Å². The van der Waals surface area contributed by atoms with Crippen LogP contribution < -0.4 is 0 Å². The molecule has 0 saturated heterocycles. The zero-order chi connectivity index (χ0) is 13.3. The maximum Gasteiger partial charge on any atom is 0.363 e. The first-order valence-corrected chi connectivity index (χ1v) is 4.76. The molecule has 0 saturated carbocycles. The molecular formula is C9H7N5O4. The molecule has 1 N–H and O–H groups in total. The van der Waals surface area contributed by atoms with Gasteiger partial charge in [-0.2, -0.15) is 5.10 Å². The summed E-state index contributed by atoms with van der Waals surface area (Å²) in [5, 5.41) is 23.2. The van der Waals surface area contributed by atoms with Crippen LogP contribution in [0, 0.1) is 17.0 Å². The van der Waals surface area contributed by atoms with E-state index in [0.717, 1.165) is 10.9 Å². The number of nitro groups is 1. The summed E-state index contributed by atoms with van der Waals surface area (Å²) >= 11 is 0. The Hall–Kier alpha value is -2.84. The van der Waals surface area contributed by atoms with Gasteiger partial charge in [0.25, 0.3) is 0 Å². The molecule has 2 heterocycles. The Bertz CT molecular complexity index is 604. The fourth-order valence-electron chi connectivity index (χ4n) is 1.38. The summed E-state index contributed by atoms with van der Waals surface area (Å²) in [5.74, 6) is -1.23. The SMILES string of the molecule is Cc1nccnc1-n1cc([N+](=O)[O-])c(C(=O)O)n1. The molecule has 0 aromatic carbocycles. The van der Waals surface area contributed by atoms with E-state index in [2.05, 4.69) is 15.1 Å². The average Bonchev–Trinajstić information content (AvgIpc) is 2.74. The second-order valence-corrected chi connectivity index (χ2v) is 3.34. The van der Waals surface area contributed by atoms with Gasteiger partial charge >= 0.3 is 11.7 Å². The predicted octanol–water partition coefficient (Wildman–Crippen LogP) is 0.577. The van der Waals surface area contributed by atoms with Crippen molar-refractivity contribution in [1.29, 1.82) is 0 Å². The number of nitrogens with zero attached hydrogens (tertiary/aromatic N) is 5. The van der Waals surface area contributed by atoms with Crippen LogP contribution in [0.2, 0.25) is 0 Å². The van der Waals surface area contributed by atoms with Crippen molar-refractivity contribution in [2.45, 2.75) is 6.92 Å². The van der Waals surface area contributed by atoms with E-state index in [9.17, 15) is 14.9 Å². The highest BCUT2D eigenvalue weighted by molar-refractivity contribution is 5.89. The first kappa shape index (κ1) is 11.6. The highest BCUT2D eigenvalue weighted by Crippen LogP contribution is 2.19. The standard InChI is InChI=1S/C9H7N5O4/c1-5-8(11-3-2-10-5)13-4-6(14(17)18)7(12-13)9(15)16/h2-4H,1H3,(H,15,16). The maximum absolute atomic E-state index is 10.8. The van der Waals surface area contributed by atoms with Gasteiger partial charge in [0.2, 0.25) is 5.69 Å². The molecule has 0 atom stereocenters. The van der Waals surface area contributed by atoms with Crippen LogP contribution in [-0.4, -0.2) is 35.7 Å². The van der Waals surface area contributed by atoms with E-state index >= 15 is 0 Å². The van der Waals surface area contributed by atoms with Crippen molar-refractivity contribution in [3.05, 3.63) is 40.1 Å². The van der Waals surface area contributed by atoms with Gasteiger partial charge in [0.15, 0.2) is 5.82 Å². The Balaban J connectivity index is 2.61. The fraction of sp³-hybridized carbons (Fsp3) is 0.111. The van der Waals surface area contributed by atoms with E-state index in [1.165, 1.54) is 12.4 Å². The zero-order valence-electron chi connectivity index (χ0n) is 9.14. The lowest BCUT2D eigenvalue weighted by Gasteiger charge is -2.00. The first-order chi connectivity index (χ1) is 8.50. The molecular weight excluding hydrogens is 242 g/mol. The van der Waals surface area contributed by atoms with Gasteiger partial charge in [0.1, 0.15) is 6.20 Å². The summed E-state index contributed by atoms with van der Waals surface area (Å²) in [6.45, 7) is 1.64. The van der Waals surface area contributed by atoms with Gasteiger partial charge in [-0.1, -0.05) is 0 Å². The molecule has 92 valence electrons. The number of carboxylic acid groups (broad SMARTS) is 1. The summed E-state index contributed by atoms with van der Waals surface area (Å²) < 4.78 is 1.03. The molecule has 2 aromatic rings. The molecule has 0 bridgehead atoms. The van der Waals surface area contributed by atoms with Crippen LogP contribution in [-0.2, 0) is 0 Å². The molecule has 0 fully saturated rings. The van der Waals surface area contributed by atoms with E-state index in [0.29, 0.717) is 5.69 Å². The van der Waals surface area contributed by atoms with E-state index in [1.54, 1.807) is 6.92 Å². The number of aryl methyl sites for hydroxylation is 1. The molecule has 0 unspecified atom stereocenters. The smallest absolute Gasteiger partial charge is 0.363 e. The highest BCUT2D eigenvalue weighted by atomic mass is 16.6. The van der Waals surface area contributed by atoms with Gasteiger partial charge < -0.3 is 5.11 Å². The Kier molecular flexibility index (Phi) is 2.72. The summed E-state index contributed by atoms with van der Waals surface area (Å²) in [7, 11) is 0. The van der Waals surface area contributed by atoms with Crippen molar-refractivity contribution in [2.75, 3.05) is 0 Å². The Morgan fingerprint density at radius 1 is 1.44 bits per heavy atom. The third-order valence-electron chi connectivity index (χ3n) is 2.17. The summed E-state index contributed by atoms with van der Waals surface area (Å²) in [5.41, 5.74) is -0.746. The quantitative estimate of drug-likeness (QED) is 0.622. The average molecular weight is 249 g/mol. The molecule has 2 aromatic heterocycles. The number of hydrogen-bond acceptors (Lipinski definition) is 6. The molecule has 0 amide bonds. The first-order valence-electron chi connectivity index (χ1n) is 4.76. The Labute approximate surface area is 99.9 Å². The summed E-state index contributed by atoms with van der Waals surface area (Å²) in [6.07, 6.45) is 3.84. The number of carbonyl (C=O) groups is 1. The number of carboxylic acids is 1. The molecule has 0 aliphatic rings. The van der Waals surface area contributed by atoms with Crippen molar-refractivity contribution in [3.63, 3.8) is 0 Å². The van der Waals surface area contributed by atoms with E-state index < -0.39 is 22.3 Å². The van der Waals surface area contributed by atoms with Gasteiger partial charge in [0, 0.05) is 12.4 Å². The minimum absolute atomic E-state index is 0.244. The highest BCUT2D eigenvalue weighted by Gasteiger charge is 2.26. The van der Waals surface area contributed by atoms with Crippen molar-refractivity contribution in [3.8, 4) is 5.82 Å². The minimum atomic E-state index is -1.47. The fourth-order valence-corrected chi connectivity index (χ4v) is 1.38. The molecule has 0 radical (unpaired) electrons. The van der Waals surface area contributed by atoms with Crippen LogP contribution in [0.25, 0.3) is 5.82 Å². The molecule has 9 nitrogen and oxygen atoms in total. The molecule has 18 heavy (non-hydrogen) atoms. The third-order valence-corrected chi connectivity index (χ3v) is 2.17. The van der Waals surface area contributed by atoms with Crippen LogP contribution in [0.3, 0.4) is 0 Å². The number of aromatic nitrogens is 4. The lowest BCUT2D eigenvalue weighted by molar-refractivity contribution is -0.385. The molecule has 0 spiro atoms. The van der Waals surface area contributed by atoms with Crippen molar-refractivity contribution < 1.29 is 14.8 Å². The van der Waals surface area contributed by atoms with Gasteiger partial charge in [-0.05, 0) is 6.92 Å². The van der Waals surface area contributed by atoms with E-state index in [-0.39, 0.29) is 5.82 Å². The second kappa shape index (κ2) is 4.20. The Morgan fingerprint density at radius 2 is 2.11 bits per heavy atom. The number of aromatic carboxylic acids is 1. The molecule has 9 heteroatoms. The maximum atomic E-state index is 10.8. The summed E-state index contributed by atoms with van der Waals surface area (Å²) in [4.78, 5) is 28.6. The zero-order valence-corrected chi connectivity index (χ0v) is 9.14. The van der Waals surface area contributed by atoms with Crippen LogP contribution >= 0.6 is 0 Å². The van der Waals surface area contributed by atoms with Crippen LogP contribution in [0.1, 0.15) is 16.2 Å². The van der Waals surface area contributed by atoms with Crippen molar-refractivity contribution >= 4 is 11.7 Å². The van der Waals surface area contributed by atoms with Crippen LogP contribution in [0.5, 0.6) is 0 Å². The predicted molar refractivity (Wildman–Crippen MR) is 57.5 cm³/mol. The largest absolute Gasteiger partial charge is 0.476 e. The number of rotatable bonds is 3. The second-order valence-electron chi connectivity index (χ2n) is 3.34. The topological polar surface area (TPSA) is 124 Å². The van der Waals surface area contributed by atoms with Crippen LogP contribution in [0.4, 0.5) is 5.69 Å². The normalized spacial score (nSPS) is 10.3. The molecule has 0 aliphatic heterocycles. The lowest BCUT2D eigenvalue weighted by Crippen LogP contribution is -2.05. The number of hydrogen-bond donors (Lipinski definition) is 1. The molecule has 2 rings (SSSR count). The van der Waals surface area contributed by atoms with E-state index in [1.807, 2.05) is 0 Å². The van der Waals surface area contributed by atoms with Gasteiger partial charge in [0.05, 0.1) is 10.6 Å². The van der Waals surface area contributed by atoms with Gasteiger partial charge in [-0.3, -0.25) is 15.1 Å². The minimum Gasteiger partial charge on any atom is -0.476 e. The summed E-state index contributed by atoms with van der Waals surface area (Å²) in [6, 6.07) is 0. The van der Waals surface area contributed by atoms with Gasteiger partial charge in [-0.25, -0.2) is 14.5 Å². The van der Waals surface area contributed by atoms with Crippen LogP contribution in [0.15, 0.2) is 18.6 Å². The lowest BCUT2D eigenvalue weighted by atomic mass is 10.4. The molecule has 0 aliphatic carbocycles. The van der Waals surface area contributed by atoms with E-state index in [4.69, 9.17) is 5.11 Å². The third kappa shape index (κ3) is 1.88. The van der Waals surface area contributed by atoms with Crippen molar-refractivity contribution in [2.24, 2.45) is 0 Å².